The minimum absolute atomic E-state index is 0.0804. The Bertz CT molecular complexity index is 2290. The molecule has 0 spiro atoms. The van der Waals surface area contributed by atoms with Crippen LogP contribution in [0.1, 0.15) is 60.4 Å². The van der Waals surface area contributed by atoms with Gasteiger partial charge in [-0.15, -0.1) is 0 Å². The van der Waals surface area contributed by atoms with Crippen molar-refractivity contribution in [2.24, 2.45) is 0 Å². The van der Waals surface area contributed by atoms with Gasteiger partial charge in [-0.3, -0.25) is 9.59 Å². The van der Waals surface area contributed by atoms with Crippen molar-refractivity contribution < 1.29 is 0 Å². The predicted molar refractivity (Wildman–Crippen MR) is 190 cm³/mol. The number of rotatable bonds is 3. The number of nitrogens with zero attached hydrogens (tertiary/aromatic N) is 2. The SMILES string of the molecule is CCn1c(=O)cc(C2CC2)c2cc(C#Cc3ccccc3)ccc21.CCn1c(=O)cc(Cl)c2cc(C#Cc3ccccc3)ccc21. The average Bonchev–Trinajstić information content (AvgIpc) is 3.93. The molecule has 0 amide bonds. The lowest BCUT2D eigenvalue weighted by Gasteiger charge is -2.12. The second-order valence-corrected chi connectivity index (χ2v) is 11.6. The maximum Gasteiger partial charge on any atom is 0.252 e. The van der Waals surface area contributed by atoms with E-state index in [9.17, 15) is 9.59 Å². The quantitative estimate of drug-likeness (QED) is 0.187. The monoisotopic (exact) mass is 620 g/mol. The van der Waals surface area contributed by atoms with Gasteiger partial charge in [0, 0.05) is 58.2 Å². The summed E-state index contributed by atoms with van der Waals surface area (Å²) in [6.07, 6.45) is 2.37. The third-order valence-corrected chi connectivity index (χ3v) is 8.42. The first kappa shape index (κ1) is 30.7. The maximum absolute atomic E-state index is 12.3. The van der Waals surface area contributed by atoms with E-state index in [4.69, 9.17) is 11.6 Å². The van der Waals surface area contributed by atoms with Gasteiger partial charge in [0.25, 0.3) is 11.1 Å². The molecule has 4 nitrogen and oxygen atoms in total. The molecule has 0 N–H and O–H groups in total. The summed E-state index contributed by atoms with van der Waals surface area (Å²) >= 11 is 6.22. The number of hydrogen-bond donors (Lipinski definition) is 0. The van der Waals surface area contributed by atoms with Crippen LogP contribution in [0.2, 0.25) is 5.02 Å². The smallest absolute Gasteiger partial charge is 0.252 e. The molecule has 226 valence electrons. The van der Waals surface area contributed by atoms with Crippen LogP contribution in [0.25, 0.3) is 21.8 Å². The fourth-order valence-corrected chi connectivity index (χ4v) is 5.87. The Morgan fingerprint density at radius 1 is 0.587 bits per heavy atom. The van der Waals surface area contributed by atoms with E-state index in [1.54, 1.807) is 4.57 Å². The first-order chi connectivity index (χ1) is 22.4. The van der Waals surface area contributed by atoms with Gasteiger partial charge in [-0.1, -0.05) is 71.7 Å². The first-order valence-corrected chi connectivity index (χ1v) is 16.0. The molecular weight excluding hydrogens is 588 g/mol. The number of hydrogen-bond acceptors (Lipinski definition) is 2. The van der Waals surface area contributed by atoms with E-state index in [-0.39, 0.29) is 11.1 Å². The fourth-order valence-electron chi connectivity index (χ4n) is 5.63. The highest BCUT2D eigenvalue weighted by atomic mass is 35.5. The molecule has 46 heavy (non-hydrogen) atoms. The third-order valence-electron chi connectivity index (χ3n) is 8.10. The minimum atomic E-state index is -0.0804. The summed E-state index contributed by atoms with van der Waals surface area (Å²) in [6, 6.07) is 35.1. The van der Waals surface area contributed by atoms with Crippen molar-refractivity contribution in [3.63, 3.8) is 0 Å². The van der Waals surface area contributed by atoms with Crippen LogP contribution in [0.4, 0.5) is 0 Å². The van der Waals surface area contributed by atoms with E-state index >= 15 is 0 Å². The zero-order valence-corrected chi connectivity index (χ0v) is 26.6. The Morgan fingerprint density at radius 3 is 1.54 bits per heavy atom. The van der Waals surface area contributed by atoms with Gasteiger partial charge in [-0.05, 0) is 98.8 Å². The molecule has 0 atom stereocenters. The normalized spacial score (nSPS) is 12.0. The lowest BCUT2D eigenvalue weighted by atomic mass is 10.0. The standard InChI is InChI=1S/C22H19NO.C19H14ClNO/c1-2-23-21-13-10-17(9-8-16-6-4-3-5-7-16)14-20(21)19(15-22(23)24)18-11-12-18;1-2-21-18-11-10-15(9-8-14-6-4-3-5-7-14)12-16(18)17(20)13-19(21)22/h3-7,10,13-15,18H,2,11-12H2,1H3;3-7,10-13H,2H2,1H3. The summed E-state index contributed by atoms with van der Waals surface area (Å²) in [6.45, 7) is 5.26. The zero-order chi connectivity index (χ0) is 32.0. The highest BCUT2D eigenvalue weighted by Crippen LogP contribution is 2.42. The second-order valence-electron chi connectivity index (χ2n) is 11.2. The second kappa shape index (κ2) is 13.8. The topological polar surface area (TPSA) is 44.0 Å². The van der Waals surface area contributed by atoms with Crippen LogP contribution in [-0.2, 0) is 13.1 Å². The molecule has 7 rings (SSSR count). The van der Waals surface area contributed by atoms with Crippen LogP contribution in [-0.4, -0.2) is 9.13 Å². The molecule has 1 saturated carbocycles. The highest BCUT2D eigenvalue weighted by Gasteiger charge is 2.26. The average molecular weight is 621 g/mol. The first-order valence-electron chi connectivity index (χ1n) is 15.6. The number of pyridine rings is 2. The van der Waals surface area contributed by atoms with Gasteiger partial charge in [-0.25, -0.2) is 0 Å². The van der Waals surface area contributed by atoms with E-state index in [0.29, 0.717) is 24.0 Å². The molecule has 0 aliphatic heterocycles. The number of aryl methyl sites for hydroxylation is 2. The third kappa shape index (κ3) is 6.84. The lowest BCUT2D eigenvalue weighted by molar-refractivity contribution is 0.757. The van der Waals surface area contributed by atoms with Crippen molar-refractivity contribution in [3.8, 4) is 23.7 Å². The van der Waals surface area contributed by atoms with Crippen molar-refractivity contribution in [2.45, 2.75) is 45.7 Å². The van der Waals surface area contributed by atoms with Gasteiger partial charge < -0.3 is 9.13 Å². The Labute approximate surface area is 273 Å². The molecule has 1 aliphatic rings. The molecule has 0 radical (unpaired) electrons. The van der Waals surface area contributed by atoms with E-state index in [1.165, 1.54) is 29.9 Å². The molecule has 2 aromatic heterocycles. The van der Waals surface area contributed by atoms with Gasteiger partial charge in [0.1, 0.15) is 0 Å². The summed E-state index contributed by atoms with van der Waals surface area (Å²) < 4.78 is 3.55. The van der Waals surface area contributed by atoms with Gasteiger partial charge >= 0.3 is 0 Å². The molecule has 0 unspecified atom stereocenters. The minimum Gasteiger partial charge on any atom is -0.309 e. The van der Waals surface area contributed by atoms with Crippen molar-refractivity contribution in [1.82, 2.24) is 9.13 Å². The Balaban J connectivity index is 0.000000162. The van der Waals surface area contributed by atoms with Gasteiger partial charge in [0.2, 0.25) is 0 Å². The fraction of sp³-hybridized carbons (Fsp3) is 0.171. The van der Waals surface area contributed by atoms with Crippen LogP contribution in [0.15, 0.2) is 119 Å². The Morgan fingerprint density at radius 2 is 1.04 bits per heavy atom. The zero-order valence-electron chi connectivity index (χ0n) is 25.9. The van der Waals surface area contributed by atoms with Crippen LogP contribution in [0.5, 0.6) is 0 Å². The summed E-state index contributed by atoms with van der Waals surface area (Å²) in [7, 11) is 0. The van der Waals surface area contributed by atoms with Crippen molar-refractivity contribution in [2.75, 3.05) is 0 Å². The lowest BCUT2D eigenvalue weighted by Crippen LogP contribution is -2.19. The van der Waals surface area contributed by atoms with Crippen LogP contribution in [0, 0.1) is 23.7 Å². The highest BCUT2D eigenvalue weighted by molar-refractivity contribution is 6.35. The molecule has 1 aliphatic carbocycles. The molecule has 0 bridgehead atoms. The van der Waals surface area contributed by atoms with Crippen LogP contribution in [0.3, 0.4) is 0 Å². The van der Waals surface area contributed by atoms with E-state index in [2.05, 4.69) is 29.7 Å². The summed E-state index contributed by atoms with van der Waals surface area (Å²) in [5.41, 5.74) is 6.93. The number of fused-ring (bicyclic) bond motifs is 2. The molecule has 1 fully saturated rings. The molecule has 4 aromatic carbocycles. The van der Waals surface area contributed by atoms with Crippen LogP contribution < -0.4 is 11.1 Å². The number of benzene rings is 4. The van der Waals surface area contributed by atoms with Crippen molar-refractivity contribution >= 4 is 33.4 Å². The number of halogens is 1. The van der Waals surface area contributed by atoms with E-state index in [0.717, 1.165) is 38.7 Å². The summed E-state index contributed by atoms with van der Waals surface area (Å²) in [5.74, 6) is 13.3. The molecule has 0 saturated heterocycles. The number of aromatic nitrogens is 2. The summed E-state index contributed by atoms with van der Waals surface area (Å²) in [5, 5.41) is 2.50. The molecule has 6 aromatic rings. The molecular formula is C41H33ClN2O2. The van der Waals surface area contributed by atoms with Crippen molar-refractivity contribution in [3.05, 3.63) is 163 Å². The van der Waals surface area contributed by atoms with E-state index in [1.807, 2.05) is 115 Å². The van der Waals surface area contributed by atoms with Crippen molar-refractivity contribution in [1.29, 1.82) is 0 Å². The molecule has 2 heterocycles. The van der Waals surface area contributed by atoms with Crippen LogP contribution >= 0.6 is 11.6 Å². The Kier molecular flexibility index (Phi) is 9.20. The van der Waals surface area contributed by atoms with E-state index < -0.39 is 0 Å². The van der Waals surface area contributed by atoms with Gasteiger partial charge in [0.05, 0.1) is 16.1 Å². The maximum atomic E-state index is 12.3. The summed E-state index contributed by atoms with van der Waals surface area (Å²) in [4.78, 5) is 24.3. The largest absolute Gasteiger partial charge is 0.309 e. The van der Waals surface area contributed by atoms with Gasteiger partial charge in [-0.2, -0.15) is 0 Å². The van der Waals surface area contributed by atoms with Gasteiger partial charge in [0.15, 0.2) is 0 Å². The Hall–Kier alpha value is -5.29. The predicted octanol–water partition coefficient (Wildman–Crippen LogP) is 8.37. The molecule has 5 heteroatoms.